The molecule has 0 aromatic heterocycles. The molecule has 1 aromatic carbocycles. The maximum atomic E-state index is 9.55. The molecule has 88 valence electrons. The van der Waals surface area contributed by atoms with Gasteiger partial charge < -0.3 is 9.84 Å². The molecule has 1 heterocycles. The van der Waals surface area contributed by atoms with Gasteiger partial charge in [-0.15, -0.1) is 0 Å². The van der Waals surface area contributed by atoms with E-state index in [9.17, 15) is 5.11 Å². The molecule has 3 nitrogen and oxygen atoms in total. The number of hydrogen-bond donors (Lipinski definition) is 1. The molecular formula is C13H19NO2. The zero-order valence-electron chi connectivity index (χ0n) is 9.94. The molecular weight excluding hydrogens is 202 g/mol. The standard InChI is InChI=1S/C13H19NO2/c1-11-3-5-12(6-4-11)16-8-7-14-9-13(2,15)10-14/h3-6,15H,7-10H2,1-2H3. The topological polar surface area (TPSA) is 32.7 Å². The lowest BCUT2D eigenvalue weighted by atomic mass is 9.97. The van der Waals surface area contributed by atoms with Gasteiger partial charge in [-0.25, -0.2) is 0 Å². The molecule has 0 bridgehead atoms. The van der Waals surface area contributed by atoms with Gasteiger partial charge in [0.2, 0.25) is 0 Å². The van der Waals surface area contributed by atoms with Crippen molar-refractivity contribution in [3.05, 3.63) is 29.8 Å². The normalized spacial score (nSPS) is 19.2. The summed E-state index contributed by atoms with van der Waals surface area (Å²) in [5, 5.41) is 9.55. The minimum absolute atomic E-state index is 0.482. The van der Waals surface area contributed by atoms with Crippen LogP contribution in [-0.4, -0.2) is 41.8 Å². The second kappa shape index (κ2) is 4.44. The SMILES string of the molecule is Cc1ccc(OCCN2CC(C)(O)C2)cc1. The number of β-amino-alcohol motifs (C(OH)–C–C–N with tert-alkyl or cyclic N) is 1. The maximum Gasteiger partial charge on any atom is 0.119 e. The molecule has 0 atom stereocenters. The van der Waals surface area contributed by atoms with Crippen LogP contribution in [0.2, 0.25) is 0 Å². The highest BCUT2D eigenvalue weighted by atomic mass is 16.5. The zero-order chi connectivity index (χ0) is 11.6. The van der Waals surface area contributed by atoms with E-state index in [4.69, 9.17) is 4.74 Å². The molecule has 1 aliphatic rings. The number of benzene rings is 1. The third-order valence-electron chi connectivity index (χ3n) is 2.83. The lowest BCUT2D eigenvalue weighted by molar-refractivity contribution is -0.0859. The van der Waals surface area contributed by atoms with Crippen LogP contribution in [0.4, 0.5) is 0 Å². The monoisotopic (exact) mass is 221 g/mol. The van der Waals surface area contributed by atoms with Crippen LogP contribution >= 0.6 is 0 Å². The van der Waals surface area contributed by atoms with Crippen LogP contribution < -0.4 is 4.74 Å². The van der Waals surface area contributed by atoms with Gasteiger partial charge >= 0.3 is 0 Å². The first-order valence-electron chi connectivity index (χ1n) is 5.69. The lowest BCUT2D eigenvalue weighted by Crippen LogP contribution is -2.60. The number of aliphatic hydroxyl groups is 1. The fourth-order valence-electron chi connectivity index (χ4n) is 2.00. The van der Waals surface area contributed by atoms with E-state index in [0.29, 0.717) is 6.61 Å². The summed E-state index contributed by atoms with van der Waals surface area (Å²) in [7, 11) is 0. The van der Waals surface area contributed by atoms with E-state index in [1.165, 1.54) is 5.56 Å². The Balaban J connectivity index is 1.67. The van der Waals surface area contributed by atoms with Gasteiger partial charge in [-0.1, -0.05) is 17.7 Å². The van der Waals surface area contributed by atoms with Crippen LogP contribution in [0.1, 0.15) is 12.5 Å². The van der Waals surface area contributed by atoms with Crippen LogP contribution in [0.25, 0.3) is 0 Å². The van der Waals surface area contributed by atoms with Gasteiger partial charge in [-0.3, -0.25) is 4.90 Å². The predicted octanol–water partition coefficient (Wildman–Crippen LogP) is 1.44. The van der Waals surface area contributed by atoms with E-state index in [0.717, 1.165) is 25.4 Å². The first-order chi connectivity index (χ1) is 7.55. The van der Waals surface area contributed by atoms with Crippen molar-refractivity contribution in [2.75, 3.05) is 26.2 Å². The molecule has 1 aromatic rings. The molecule has 1 fully saturated rings. The average molecular weight is 221 g/mol. The maximum absolute atomic E-state index is 9.55. The first-order valence-corrected chi connectivity index (χ1v) is 5.69. The molecule has 1 aliphatic heterocycles. The number of aryl methyl sites for hydroxylation is 1. The van der Waals surface area contributed by atoms with Crippen LogP contribution in [0, 0.1) is 6.92 Å². The van der Waals surface area contributed by atoms with Crippen LogP contribution in [-0.2, 0) is 0 Å². The molecule has 1 saturated heterocycles. The molecule has 0 aliphatic carbocycles. The third-order valence-corrected chi connectivity index (χ3v) is 2.83. The van der Waals surface area contributed by atoms with Gasteiger partial charge in [-0.2, -0.15) is 0 Å². The van der Waals surface area contributed by atoms with Gasteiger partial charge in [0.1, 0.15) is 12.4 Å². The summed E-state index contributed by atoms with van der Waals surface area (Å²) >= 11 is 0. The zero-order valence-corrected chi connectivity index (χ0v) is 9.94. The van der Waals surface area contributed by atoms with Gasteiger partial charge in [0.05, 0.1) is 5.60 Å². The van der Waals surface area contributed by atoms with Crippen molar-refractivity contribution in [3.63, 3.8) is 0 Å². The Morgan fingerprint density at radius 2 is 1.94 bits per heavy atom. The second-order valence-electron chi connectivity index (χ2n) is 4.87. The van der Waals surface area contributed by atoms with Gasteiger partial charge in [0, 0.05) is 19.6 Å². The van der Waals surface area contributed by atoms with Crippen molar-refractivity contribution >= 4 is 0 Å². The molecule has 0 saturated carbocycles. The van der Waals surface area contributed by atoms with Crippen molar-refractivity contribution in [1.82, 2.24) is 4.90 Å². The third kappa shape index (κ3) is 2.97. The molecule has 2 rings (SSSR count). The summed E-state index contributed by atoms with van der Waals surface area (Å²) in [4.78, 5) is 2.19. The van der Waals surface area contributed by atoms with Crippen LogP contribution in [0.5, 0.6) is 5.75 Å². The van der Waals surface area contributed by atoms with Crippen molar-refractivity contribution in [3.8, 4) is 5.75 Å². The Bertz CT molecular complexity index is 337. The van der Waals surface area contributed by atoms with E-state index in [1.807, 2.05) is 31.2 Å². The Labute approximate surface area is 96.6 Å². The highest BCUT2D eigenvalue weighted by Crippen LogP contribution is 2.19. The van der Waals surface area contributed by atoms with Gasteiger partial charge in [0.15, 0.2) is 0 Å². The van der Waals surface area contributed by atoms with E-state index in [1.54, 1.807) is 0 Å². The quantitative estimate of drug-likeness (QED) is 0.835. The molecule has 1 N–H and O–H groups in total. The molecule has 0 unspecified atom stereocenters. The van der Waals surface area contributed by atoms with E-state index < -0.39 is 5.60 Å². The van der Waals surface area contributed by atoms with Gasteiger partial charge in [-0.05, 0) is 26.0 Å². The summed E-state index contributed by atoms with van der Waals surface area (Å²) in [5.41, 5.74) is 0.760. The molecule has 0 radical (unpaired) electrons. The highest BCUT2D eigenvalue weighted by molar-refractivity contribution is 5.26. The summed E-state index contributed by atoms with van der Waals surface area (Å²) in [6.07, 6.45) is 0. The minimum Gasteiger partial charge on any atom is -0.492 e. The fourth-order valence-corrected chi connectivity index (χ4v) is 2.00. The average Bonchev–Trinajstić information content (AvgIpc) is 2.18. The molecule has 16 heavy (non-hydrogen) atoms. The minimum atomic E-state index is -0.482. The number of rotatable bonds is 4. The Hall–Kier alpha value is -1.06. The predicted molar refractivity (Wildman–Crippen MR) is 63.7 cm³/mol. The fraction of sp³-hybridized carbons (Fsp3) is 0.538. The number of likely N-dealkylation sites (tertiary alicyclic amines) is 1. The summed E-state index contributed by atoms with van der Waals surface area (Å²) in [5.74, 6) is 0.915. The van der Waals surface area contributed by atoms with Crippen molar-refractivity contribution in [1.29, 1.82) is 0 Å². The second-order valence-corrected chi connectivity index (χ2v) is 4.87. The Morgan fingerprint density at radius 1 is 1.31 bits per heavy atom. The van der Waals surface area contributed by atoms with Crippen LogP contribution in [0.3, 0.4) is 0 Å². The van der Waals surface area contributed by atoms with Crippen LogP contribution in [0.15, 0.2) is 24.3 Å². The summed E-state index contributed by atoms with van der Waals surface area (Å²) < 4.78 is 5.61. The van der Waals surface area contributed by atoms with Crippen molar-refractivity contribution in [2.24, 2.45) is 0 Å². The van der Waals surface area contributed by atoms with Gasteiger partial charge in [0.25, 0.3) is 0 Å². The number of hydrogen-bond acceptors (Lipinski definition) is 3. The molecule has 3 heteroatoms. The van der Waals surface area contributed by atoms with E-state index in [-0.39, 0.29) is 0 Å². The molecule has 0 spiro atoms. The smallest absolute Gasteiger partial charge is 0.119 e. The molecule has 0 amide bonds. The number of ether oxygens (including phenoxy) is 1. The summed E-state index contributed by atoms with van der Waals surface area (Å²) in [6.45, 7) is 6.99. The lowest BCUT2D eigenvalue weighted by Gasteiger charge is -2.44. The largest absolute Gasteiger partial charge is 0.492 e. The number of nitrogens with zero attached hydrogens (tertiary/aromatic N) is 1. The van der Waals surface area contributed by atoms with E-state index >= 15 is 0 Å². The summed E-state index contributed by atoms with van der Waals surface area (Å²) in [6, 6.07) is 8.07. The highest BCUT2D eigenvalue weighted by Gasteiger charge is 2.35. The Kier molecular flexibility index (Phi) is 3.17. The van der Waals surface area contributed by atoms with E-state index in [2.05, 4.69) is 11.8 Å². The van der Waals surface area contributed by atoms with Crippen molar-refractivity contribution < 1.29 is 9.84 Å². The Morgan fingerprint density at radius 3 is 2.50 bits per heavy atom. The van der Waals surface area contributed by atoms with Crippen molar-refractivity contribution in [2.45, 2.75) is 19.4 Å². The first kappa shape index (κ1) is 11.4.